The zero-order valence-corrected chi connectivity index (χ0v) is 13.5. The summed E-state index contributed by atoms with van der Waals surface area (Å²) in [5, 5.41) is 0. The molecule has 0 aliphatic heterocycles. The Hall–Kier alpha value is -1.13. The highest BCUT2D eigenvalue weighted by Crippen LogP contribution is 2.43. The Bertz CT molecular complexity index is 492. The SMILES string of the molecule is COc1ccc(C(N)C2(N(C)C)CCCC(C)C2)cc1F. The summed E-state index contributed by atoms with van der Waals surface area (Å²) in [6, 6.07) is 4.88. The molecule has 118 valence electrons. The molecule has 2 N–H and O–H groups in total. The minimum atomic E-state index is -0.344. The van der Waals surface area contributed by atoms with Crippen molar-refractivity contribution in [2.75, 3.05) is 21.2 Å². The van der Waals surface area contributed by atoms with Gasteiger partial charge in [0.1, 0.15) is 0 Å². The third-order valence-corrected chi connectivity index (χ3v) is 5.01. The number of nitrogens with zero attached hydrogens (tertiary/aromatic N) is 1. The van der Waals surface area contributed by atoms with Crippen molar-refractivity contribution in [1.82, 2.24) is 4.90 Å². The molecule has 3 nitrogen and oxygen atoms in total. The first kappa shape index (κ1) is 16.2. The summed E-state index contributed by atoms with van der Waals surface area (Å²) in [6.45, 7) is 2.28. The van der Waals surface area contributed by atoms with Gasteiger partial charge in [0, 0.05) is 11.6 Å². The Balaban J connectivity index is 2.34. The van der Waals surface area contributed by atoms with Crippen molar-refractivity contribution in [3.05, 3.63) is 29.6 Å². The van der Waals surface area contributed by atoms with Gasteiger partial charge in [0.15, 0.2) is 11.6 Å². The van der Waals surface area contributed by atoms with Gasteiger partial charge in [-0.1, -0.05) is 25.8 Å². The van der Waals surface area contributed by atoms with Crippen LogP contribution in [-0.4, -0.2) is 31.6 Å². The lowest BCUT2D eigenvalue weighted by atomic mass is 9.70. The number of likely N-dealkylation sites (N-methyl/N-ethyl adjacent to an activating group) is 1. The number of nitrogens with two attached hydrogens (primary N) is 1. The van der Waals surface area contributed by atoms with Gasteiger partial charge in [-0.2, -0.15) is 0 Å². The monoisotopic (exact) mass is 294 g/mol. The largest absolute Gasteiger partial charge is 0.494 e. The first-order valence-electron chi connectivity index (χ1n) is 7.67. The molecule has 0 heterocycles. The molecule has 21 heavy (non-hydrogen) atoms. The highest BCUT2D eigenvalue weighted by atomic mass is 19.1. The summed E-state index contributed by atoms with van der Waals surface area (Å²) >= 11 is 0. The number of methoxy groups -OCH3 is 1. The smallest absolute Gasteiger partial charge is 0.165 e. The number of benzene rings is 1. The molecule has 3 unspecified atom stereocenters. The second-order valence-electron chi connectivity index (χ2n) is 6.57. The predicted molar refractivity (Wildman–Crippen MR) is 83.9 cm³/mol. The van der Waals surface area contributed by atoms with Gasteiger partial charge in [0.25, 0.3) is 0 Å². The van der Waals surface area contributed by atoms with Gasteiger partial charge >= 0.3 is 0 Å². The van der Waals surface area contributed by atoms with Gasteiger partial charge in [-0.3, -0.25) is 0 Å². The van der Waals surface area contributed by atoms with Crippen molar-refractivity contribution < 1.29 is 9.13 Å². The molecule has 0 bridgehead atoms. The van der Waals surface area contributed by atoms with Crippen molar-refractivity contribution in [1.29, 1.82) is 0 Å². The van der Waals surface area contributed by atoms with Crippen LogP contribution in [0.3, 0.4) is 0 Å². The Labute approximate surface area is 127 Å². The molecule has 1 aliphatic carbocycles. The average molecular weight is 294 g/mol. The number of hydrogen-bond donors (Lipinski definition) is 1. The summed E-state index contributed by atoms with van der Waals surface area (Å²) in [4.78, 5) is 2.23. The van der Waals surface area contributed by atoms with Gasteiger partial charge in [0.2, 0.25) is 0 Å². The van der Waals surface area contributed by atoms with E-state index in [1.807, 2.05) is 6.07 Å². The van der Waals surface area contributed by atoms with E-state index in [0.29, 0.717) is 5.92 Å². The molecule has 4 heteroatoms. The van der Waals surface area contributed by atoms with Crippen LogP contribution in [0.1, 0.15) is 44.2 Å². The van der Waals surface area contributed by atoms with Crippen LogP contribution in [0.25, 0.3) is 0 Å². The first-order valence-corrected chi connectivity index (χ1v) is 7.67. The van der Waals surface area contributed by atoms with Crippen molar-refractivity contribution >= 4 is 0 Å². The molecule has 0 aromatic heterocycles. The number of halogens is 1. The average Bonchev–Trinajstić information content (AvgIpc) is 2.46. The first-order chi connectivity index (χ1) is 9.90. The van der Waals surface area contributed by atoms with E-state index in [1.165, 1.54) is 26.0 Å². The maximum atomic E-state index is 14.0. The lowest BCUT2D eigenvalue weighted by Gasteiger charge is -2.49. The van der Waals surface area contributed by atoms with E-state index in [1.54, 1.807) is 6.07 Å². The van der Waals surface area contributed by atoms with Crippen molar-refractivity contribution in [2.24, 2.45) is 11.7 Å². The molecule has 0 saturated heterocycles. The van der Waals surface area contributed by atoms with E-state index >= 15 is 0 Å². The fraction of sp³-hybridized carbons (Fsp3) is 0.647. The number of hydrogen-bond acceptors (Lipinski definition) is 3. The molecule has 3 atom stereocenters. The molecule has 0 radical (unpaired) electrons. The fourth-order valence-electron chi connectivity index (χ4n) is 3.72. The Kier molecular flexibility index (Phi) is 4.89. The van der Waals surface area contributed by atoms with Gasteiger partial charge < -0.3 is 15.4 Å². The lowest BCUT2D eigenvalue weighted by molar-refractivity contribution is 0.0498. The van der Waals surface area contributed by atoms with E-state index in [9.17, 15) is 4.39 Å². The van der Waals surface area contributed by atoms with Crippen molar-refractivity contribution in [2.45, 2.75) is 44.2 Å². The number of rotatable bonds is 4. The van der Waals surface area contributed by atoms with E-state index in [0.717, 1.165) is 18.4 Å². The second kappa shape index (κ2) is 6.32. The van der Waals surface area contributed by atoms with Crippen LogP contribution >= 0.6 is 0 Å². The minimum absolute atomic E-state index is 0.0985. The van der Waals surface area contributed by atoms with E-state index < -0.39 is 0 Å². The molecular weight excluding hydrogens is 267 g/mol. The Morgan fingerprint density at radius 3 is 2.67 bits per heavy atom. The Morgan fingerprint density at radius 2 is 2.14 bits per heavy atom. The highest BCUT2D eigenvalue weighted by molar-refractivity contribution is 5.32. The minimum Gasteiger partial charge on any atom is -0.494 e. The number of ether oxygens (including phenoxy) is 1. The predicted octanol–water partition coefficient (Wildman–Crippen LogP) is 3.34. The second-order valence-corrected chi connectivity index (χ2v) is 6.57. The molecular formula is C17H27FN2O. The zero-order valence-electron chi connectivity index (χ0n) is 13.5. The van der Waals surface area contributed by atoms with Crippen LogP contribution in [0.4, 0.5) is 4.39 Å². The maximum absolute atomic E-state index is 14.0. The zero-order chi connectivity index (χ0) is 15.6. The Morgan fingerprint density at radius 1 is 1.43 bits per heavy atom. The molecule has 1 aliphatic rings. The van der Waals surface area contributed by atoms with Crippen LogP contribution in [0.15, 0.2) is 18.2 Å². The van der Waals surface area contributed by atoms with Gasteiger partial charge in [0.05, 0.1) is 7.11 Å². The van der Waals surface area contributed by atoms with Gasteiger partial charge in [-0.25, -0.2) is 4.39 Å². The van der Waals surface area contributed by atoms with Gasteiger partial charge in [-0.15, -0.1) is 0 Å². The van der Waals surface area contributed by atoms with E-state index in [2.05, 4.69) is 25.9 Å². The maximum Gasteiger partial charge on any atom is 0.165 e. The van der Waals surface area contributed by atoms with Gasteiger partial charge in [-0.05, 0) is 50.6 Å². The summed E-state index contributed by atoms with van der Waals surface area (Å²) < 4.78 is 19.0. The molecule has 1 aromatic rings. The molecule has 0 spiro atoms. The van der Waals surface area contributed by atoms with Crippen LogP contribution < -0.4 is 10.5 Å². The quantitative estimate of drug-likeness (QED) is 0.925. The third kappa shape index (κ3) is 3.06. The van der Waals surface area contributed by atoms with Crippen LogP contribution in [-0.2, 0) is 0 Å². The third-order valence-electron chi connectivity index (χ3n) is 5.01. The summed E-state index contributed by atoms with van der Waals surface area (Å²) in [6.07, 6.45) is 4.53. The van der Waals surface area contributed by atoms with Crippen LogP contribution in [0.2, 0.25) is 0 Å². The molecule has 1 saturated carbocycles. The molecule has 2 rings (SSSR count). The fourth-order valence-corrected chi connectivity index (χ4v) is 3.72. The van der Waals surface area contributed by atoms with Crippen LogP contribution in [0.5, 0.6) is 5.75 Å². The summed E-state index contributed by atoms with van der Waals surface area (Å²) in [7, 11) is 5.64. The van der Waals surface area contributed by atoms with Crippen LogP contribution in [0, 0.1) is 11.7 Å². The topological polar surface area (TPSA) is 38.5 Å². The van der Waals surface area contributed by atoms with E-state index in [4.69, 9.17) is 10.5 Å². The molecule has 1 aromatic carbocycles. The van der Waals surface area contributed by atoms with Crippen molar-refractivity contribution in [3.63, 3.8) is 0 Å². The standard InChI is InChI=1S/C17H27FN2O/c1-12-6-5-9-17(11-12,20(2)3)16(19)13-7-8-15(21-4)14(18)10-13/h7-8,10,12,16H,5-6,9,11,19H2,1-4H3. The highest BCUT2D eigenvalue weighted by Gasteiger charge is 2.42. The normalized spacial score (nSPS) is 27.7. The molecule has 0 amide bonds. The molecule has 1 fully saturated rings. The van der Waals surface area contributed by atoms with E-state index in [-0.39, 0.29) is 23.1 Å². The lowest BCUT2D eigenvalue weighted by Crippen LogP contribution is -2.54. The summed E-state index contributed by atoms with van der Waals surface area (Å²) in [5.74, 6) is 0.570. The van der Waals surface area contributed by atoms with Crippen molar-refractivity contribution in [3.8, 4) is 5.75 Å². The summed E-state index contributed by atoms with van der Waals surface area (Å²) in [5.41, 5.74) is 7.32.